The van der Waals surface area contributed by atoms with Gasteiger partial charge in [0.2, 0.25) is 0 Å². The van der Waals surface area contributed by atoms with Crippen molar-refractivity contribution in [2.24, 2.45) is 5.73 Å². The molecule has 0 saturated carbocycles. The Hall–Kier alpha value is -1.85. The molecule has 68 valence electrons. The molecule has 0 fully saturated rings. The van der Waals surface area contributed by atoms with Gasteiger partial charge >= 0.3 is 0 Å². The van der Waals surface area contributed by atoms with Crippen molar-refractivity contribution in [2.75, 3.05) is 0 Å². The van der Waals surface area contributed by atoms with Gasteiger partial charge in [0.1, 0.15) is 0 Å². The van der Waals surface area contributed by atoms with E-state index in [1.54, 1.807) is 6.20 Å². The van der Waals surface area contributed by atoms with Crippen molar-refractivity contribution >= 4 is 10.9 Å². The Balaban J connectivity index is 2.72. The Morgan fingerprint density at radius 2 is 2.14 bits per heavy atom. The molecule has 1 aromatic heterocycles. The fourth-order valence-corrected chi connectivity index (χ4v) is 1.49. The molecule has 14 heavy (non-hydrogen) atoms. The summed E-state index contributed by atoms with van der Waals surface area (Å²) in [4.78, 5) is 4.23. The Kier molecular flexibility index (Phi) is 2.18. The number of pyridine rings is 1. The van der Waals surface area contributed by atoms with Crippen molar-refractivity contribution < 1.29 is 0 Å². The summed E-state index contributed by atoms with van der Waals surface area (Å²) in [6, 6.07) is 9.31. The van der Waals surface area contributed by atoms with E-state index in [2.05, 4.69) is 10.9 Å². The van der Waals surface area contributed by atoms with E-state index in [1.165, 1.54) is 0 Å². The molecule has 2 nitrogen and oxygen atoms in total. The van der Waals surface area contributed by atoms with E-state index in [0.717, 1.165) is 16.5 Å². The second-order valence-corrected chi connectivity index (χ2v) is 3.06. The normalized spacial score (nSPS) is 12.3. The Morgan fingerprint density at radius 3 is 2.93 bits per heavy atom. The van der Waals surface area contributed by atoms with Gasteiger partial charge < -0.3 is 5.73 Å². The predicted molar refractivity (Wildman–Crippen MR) is 57.5 cm³/mol. The number of aromatic nitrogens is 1. The van der Waals surface area contributed by atoms with Crippen LogP contribution in [-0.4, -0.2) is 4.98 Å². The van der Waals surface area contributed by atoms with Gasteiger partial charge in [-0.3, -0.25) is 4.98 Å². The molecule has 2 aromatic rings. The molecule has 0 saturated heterocycles. The number of nitrogens with two attached hydrogens (primary N) is 1. The molecule has 0 aliphatic carbocycles. The number of benzene rings is 1. The van der Waals surface area contributed by atoms with Gasteiger partial charge in [0.15, 0.2) is 0 Å². The fraction of sp³-hybridized carbons (Fsp3) is 0.0833. The summed E-state index contributed by atoms with van der Waals surface area (Å²) < 4.78 is 0. The first kappa shape index (κ1) is 8.74. The molecule has 1 aromatic carbocycles. The standard InChI is InChI=1S/C12H10N2/c1-2-11(13)9-5-3-7-12-10(9)6-4-8-14-12/h1,3-8,11H,13H2. The van der Waals surface area contributed by atoms with Gasteiger partial charge in [-0.2, -0.15) is 0 Å². The molecule has 1 atom stereocenters. The lowest BCUT2D eigenvalue weighted by atomic mass is 10.0. The lowest BCUT2D eigenvalue weighted by molar-refractivity contribution is 0.957. The van der Waals surface area contributed by atoms with Crippen molar-refractivity contribution in [2.45, 2.75) is 6.04 Å². The van der Waals surface area contributed by atoms with Gasteiger partial charge in [0.05, 0.1) is 11.6 Å². The molecule has 0 radical (unpaired) electrons. The highest BCUT2D eigenvalue weighted by molar-refractivity contribution is 5.82. The van der Waals surface area contributed by atoms with Crippen LogP contribution < -0.4 is 5.73 Å². The summed E-state index contributed by atoms with van der Waals surface area (Å²) in [6.45, 7) is 0. The average molecular weight is 182 g/mol. The second-order valence-electron chi connectivity index (χ2n) is 3.06. The molecule has 2 N–H and O–H groups in total. The maximum absolute atomic E-state index is 5.80. The van der Waals surface area contributed by atoms with E-state index in [4.69, 9.17) is 12.2 Å². The number of fused-ring (bicyclic) bond motifs is 1. The minimum atomic E-state index is -0.358. The summed E-state index contributed by atoms with van der Waals surface area (Å²) >= 11 is 0. The Morgan fingerprint density at radius 1 is 1.29 bits per heavy atom. The average Bonchev–Trinajstić information content (AvgIpc) is 2.27. The molecular weight excluding hydrogens is 172 g/mol. The van der Waals surface area contributed by atoms with Crippen LogP contribution >= 0.6 is 0 Å². The summed E-state index contributed by atoms with van der Waals surface area (Å²) in [5, 5.41) is 1.03. The molecule has 0 aliphatic rings. The van der Waals surface area contributed by atoms with E-state index in [-0.39, 0.29) is 6.04 Å². The van der Waals surface area contributed by atoms with Crippen LogP contribution in [0.15, 0.2) is 36.5 Å². The summed E-state index contributed by atoms with van der Waals surface area (Å²) in [5.74, 6) is 2.52. The zero-order valence-electron chi connectivity index (χ0n) is 7.64. The molecule has 0 spiro atoms. The monoisotopic (exact) mass is 182 g/mol. The third kappa shape index (κ3) is 1.34. The SMILES string of the molecule is C#CC(N)c1cccc2ncccc12. The summed E-state index contributed by atoms with van der Waals surface area (Å²) in [5.41, 5.74) is 7.68. The molecular formula is C12H10N2. The number of nitrogens with zero attached hydrogens (tertiary/aromatic N) is 1. The van der Waals surface area contributed by atoms with Gasteiger partial charge in [-0.15, -0.1) is 6.42 Å². The van der Waals surface area contributed by atoms with Crippen LogP contribution in [-0.2, 0) is 0 Å². The molecule has 0 amide bonds. The number of terminal acetylenes is 1. The maximum atomic E-state index is 5.80. The third-order valence-electron chi connectivity index (χ3n) is 2.19. The highest BCUT2D eigenvalue weighted by Crippen LogP contribution is 2.20. The van der Waals surface area contributed by atoms with Crippen molar-refractivity contribution in [3.63, 3.8) is 0 Å². The quantitative estimate of drug-likeness (QED) is 0.684. The summed E-state index contributed by atoms with van der Waals surface area (Å²) in [7, 11) is 0. The molecule has 2 rings (SSSR count). The third-order valence-corrected chi connectivity index (χ3v) is 2.19. The first-order valence-electron chi connectivity index (χ1n) is 4.38. The van der Waals surface area contributed by atoms with E-state index >= 15 is 0 Å². The topological polar surface area (TPSA) is 38.9 Å². The molecule has 0 aliphatic heterocycles. The van der Waals surface area contributed by atoms with E-state index in [1.807, 2.05) is 30.3 Å². The van der Waals surface area contributed by atoms with Crippen LogP contribution in [0.2, 0.25) is 0 Å². The van der Waals surface area contributed by atoms with Gasteiger partial charge in [0.25, 0.3) is 0 Å². The largest absolute Gasteiger partial charge is 0.314 e. The fourth-order valence-electron chi connectivity index (χ4n) is 1.49. The van der Waals surface area contributed by atoms with Crippen molar-refractivity contribution in [3.05, 3.63) is 42.1 Å². The zero-order valence-corrected chi connectivity index (χ0v) is 7.64. The van der Waals surface area contributed by atoms with Gasteiger partial charge in [0, 0.05) is 11.6 Å². The van der Waals surface area contributed by atoms with Crippen molar-refractivity contribution in [1.82, 2.24) is 4.98 Å². The first-order chi connectivity index (χ1) is 6.83. The van der Waals surface area contributed by atoms with Crippen LogP contribution in [0.4, 0.5) is 0 Å². The lowest BCUT2D eigenvalue weighted by Crippen LogP contribution is -2.07. The van der Waals surface area contributed by atoms with Gasteiger partial charge in [-0.05, 0) is 17.7 Å². The van der Waals surface area contributed by atoms with Gasteiger partial charge in [-0.25, -0.2) is 0 Å². The highest BCUT2D eigenvalue weighted by atomic mass is 14.7. The molecule has 1 heterocycles. The molecule has 0 bridgehead atoms. The van der Waals surface area contributed by atoms with Crippen LogP contribution in [0.25, 0.3) is 10.9 Å². The summed E-state index contributed by atoms with van der Waals surface area (Å²) in [6.07, 6.45) is 7.06. The minimum Gasteiger partial charge on any atom is -0.314 e. The number of hydrogen-bond acceptors (Lipinski definition) is 2. The minimum absolute atomic E-state index is 0.358. The molecule has 1 unspecified atom stereocenters. The lowest BCUT2D eigenvalue weighted by Gasteiger charge is -2.07. The van der Waals surface area contributed by atoms with E-state index < -0.39 is 0 Å². The van der Waals surface area contributed by atoms with E-state index in [0.29, 0.717) is 0 Å². The van der Waals surface area contributed by atoms with Crippen LogP contribution in [0.1, 0.15) is 11.6 Å². The molecule has 2 heteroatoms. The van der Waals surface area contributed by atoms with E-state index in [9.17, 15) is 0 Å². The van der Waals surface area contributed by atoms with Crippen LogP contribution in [0.5, 0.6) is 0 Å². The van der Waals surface area contributed by atoms with Crippen LogP contribution in [0, 0.1) is 12.3 Å². The Labute approximate surface area is 82.8 Å². The predicted octanol–water partition coefficient (Wildman–Crippen LogP) is 1.87. The smallest absolute Gasteiger partial charge is 0.0924 e. The van der Waals surface area contributed by atoms with Crippen LogP contribution in [0.3, 0.4) is 0 Å². The number of hydrogen-bond donors (Lipinski definition) is 1. The van der Waals surface area contributed by atoms with Crippen molar-refractivity contribution in [3.8, 4) is 12.3 Å². The second kappa shape index (κ2) is 3.49. The van der Waals surface area contributed by atoms with Crippen molar-refractivity contribution in [1.29, 1.82) is 0 Å². The Bertz CT molecular complexity index is 492. The zero-order chi connectivity index (χ0) is 9.97. The number of rotatable bonds is 1. The highest BCUT2D eigenvalue weighted by Gasteiger charge is 2.06. The van der Waals surface area contributed by atoms with Gasteiger partial charge in [-0.1, -0.05) is 24.1 Å². The maximum Gasteiger partial charge on any atom is 0.0924 e. The first-order valence-corrected chi connectivity index (χ1v) is 4.38.